The van der Waals surface area contributed by atoms with Gasteiger partial charge < -0.3 is 20.5 Å². The monoisotopic (exact) mass is 258 g/mol. The summed E-state index contributed by atoms with van der Waals surface area (Å²) in [5, 5.41) is 3.30. The van der Waals surface area contributed by atoms with Crippen LogP contribution in [0.3, 0.4) is 0 Å². The quantitative estimate of drug-likeness (QED) is 0.810. The zero-order valence-corrected chi connectivity index (χ0v) is 11.1. The number of hydrogen-bond donors (Lipinski definition) is 2. The molecule has 0 aliphatic rings. The van der Waals surface area contributed by atoms with Crippen LogP contribution < -0.4 is 20.5 Å². The maximum atomic E-state index is 5.88. The van der Waals surface area contributed by atoms with Crippen molar-refractivity contribution in [3.63, 3.8) is 0 Å². The maximum absolute atomic E-state index is 5.88. The fourth-order valence-electron chi connectivity index (χ4n) is 1.85. The van der Waals surface area contributed by atoms with E-state index in [2.05, 4.69) is 5.32 Å². The first-order valence-corrected chi connectivity index (χ1v) is 6.04. The minimum Gasteiger partial charge on any atom is -0.493 e. The molecular weight excluding hydrogens is 240 g/mol. The summed E-state index contributed by atoms with van der Waals surface area (Å²) in [5.74, 6) is 1.45. The Morgan fingerprint density at radius 1 is 1.00 bits per heavy atom. The number of nitrogen functional groups attached to an aromatic ring is 1. The van der Waals surface area contributed by atoms with Crippen LogP contribution in [0.5, 0.6) is 11.5 Å². The Bertz CT molecular complexity index is 556. The number of nitrogens with one attached hydrogen (secondary N) is 1. The highest BCUT2D eigenvalue weighted by atomic mass is 16.5. The minimum atomic E-state index is 0.675. The Kier molecular flexibility index (Phi) is 4.13. The fraction of sp³-hybridized carbons (Fsp3) is 0.200. The van der Waals surface area contributed by atoms with Gasteiger partial charge in [0.05, 0.1) is 25.6 Å². The molecule has 100 valence electrons. The van der Waals surface area contributed by atoms with E-state index in [-0.39, 0.29) is 0 Å². The van der Waals surface area contributed by atoms with Crippen LogP contribution in [0.1, 0.15) is 5.56 Å². The molecule has 0 saturated carbocycles. The van der Waals surface area contributed by atoms with Crippen molar-refractivity contribution in [3.8, 4) is 11.5 Å². The van der Waals surface area contributed by atoms with Crippen LogP contribution >= 0.6 is 0 Å². The molecule has 0 bridgehead atoms. The van der Waals surface area contributed by atoms with Crippen LogP contribution in [0.4, 0.5) is 11.4 Å². The molecule has 0 saturated heterocycles. The van der Waals surface area contributed by atoms with E-state index < -0.39 is 0 Å². The summed E-state index contributed by atoms with van der Waals surface area (Å²) < 4.78 is 10.5. The summed E-state index contributed by atoms with van der Waals surface area (Å²) in [7, 11) is 3.25. The second-order valence-corrected chi connectivity index (χ2v) is 4.13. The number of rotatable bonds is 5. The van der Waals surface area contributed by atoms with Crippen molar-refractivity contribution in [2.24, 2.45) is 0 Å². The molecule has 0 spiro atoms. The molecule has 0 aromatic heterocycles. The number of anilines is 2. The lowest BCUT2D eigenvalue weighted by Gasteiger charge is -2.12. The van der Waals surface area contributed by atoms with Crippen molar-refractivity contribution >= 4 is 11.4 Å². The van der Waals surface area contributed by atoms with Crippen LogP contribution in [0.2, 0.25) is 0 Å². The highest BCUT2D eigenvalue weighted by Crippen LogP contribution is 2.28. The SMILES string of the molecule is COc1ccc(CNc2ccccc2N)cc1OC. The van der Waals surface area contributed by atoms with Gasteiger partial charge in [-0.05, 0) is 29.8 Å². The van der Waals surface area contributed by atoms with E-state index in [1.165, 1.54) is 0 Å². The van der Waals surface area contributed by atoms with Gasteiger partial charge in [-0.1, -0.05) is 18.2 Å². The molecule has 0 aliphatic carbocycles. The Hall–Kier alpha value is -2.36. The molecule has 2 aromatic carbocycles. The van der Waals surface area contributed by atoms with E-state index in [1.807, 2.05) is 42.5 Å². The van der Waals surface area contributed by atoms with E-state index in [9.17, 15) is 0 Å². The molecule has 4 heteroatoms. The van der Waals surface area contributed by atoms with Gasteiger partial charge in [0.15, 0.2) is 11.5 Å². The van der Waals surface area contributed by atoms with Crippen molar-refractivity contribution in [1.29, 1.82) is 0 Å². The largest absolute Gasteiger partial charge is 0.493 e. The first-order valence-electron chi connectivity index (χ1n) is 6.04. The molecule has 0 unspecified atom stereocenters. The normalized spacial score (nSPS) is 10.0. The van der Waals surface area contributed by atoms with Gasteiger partial charge in [-0.3, -0.25) is 0 Å². The van der Waals surface area contributed by atoms with Crippen molar-refractivity contribution in [1.82, 2.24) is 0 Å². The molecule has 0 heterocycles. The standard InChI is InChI=1S/C15H18N2O2/c1-18-14-8-7-11(9-15(14)19-2)10-17-13-6-4-3-5-12(13)16/h3-9,17H,10,16H2,1-2H3. The Morgan fingerprint density at radius 3 is 2.42 bits per heavy atom. The fourth-order valence-corrected chi connectivity index (χ4v) is 1.85. The zero-order chi connectivity index (χ0) is 13.7. The summed E-state index contributed by atoms with van der Waals surface area (Å²) in [6, 6.07) is 13.5. The number of benzene rings is 2. The van der Waals surface area contributed by atoms with Crippen molar-refractivity contribution in [3.05, 3.63) is 48.0 Å². The van der Waals surface area contributed by atoms with Gasteiger partial charge in [0.1, 0.15) is 0 Å². The molecule has 0 aliphatic heterocycles. The van der Waals surface area contributed by atoms with E-state index in [1.54, 1.807) is 14.2 Å². The smallest absolute Gasteiger partial charge is 0.161 e. The number of methoxy groups -OCH3 is 2. The summed E-state index contributed by atoms with van der Waals surface area (Å²) in [5.41, 5.74) is 8.64. The molecule has 0 radical (unpaired) electrons. The summed E-state index contributed by atoms with van der Waals surface area (Å²) in [6.07, 6.45) is 0. The molecular formula is C15H18N2O2. The zero-order valence-electron chi connectivity index (χ0n) is 11.1. The van der Waals surface area contributed by atoms with Crippen molar-refractivity contribution in [2.45, 2.75) is 6.54 Å². The van der Waals surface area contributed by atoms with Crippen molar-refractivity contribution in [2.75, 3.05) is 25.3 Å². The third-order valence-electron chi connectivity index (χ3n) is 2.89. The highest BCUT2D eigenvalue weighted by molar-refractivity contribution is 5.65. The predicted octanol–water partition coefficient (Wildman–Crippen LogP) is 2.90. The predicted molar refractivity (Wildman–Crippen MR) is 77.7 cm³/mol. The van der Waals surface area contributed by atoms with Gasteiger partial charge in [-0.15, -0.1) is 0 Å². The van der Waals surface area contributed by atoms with Gasteiger partial charge in [-0.25, -0.2) is 0 Å². The van der Waals surface area contributed by atoms with Crippen LogP contribution in [-0.2, 0) is 6.54 Å². The van der Waals surface area contributed by atoms with E-state index in [4.69, 9.17) is 15.2 Å². The molecule has 0 atom stereocenters. The van der Waals surface area contributed by atoms with E-state index >= 15 is 0 Å². The number of nitrogens with two attached hydrogens (primary N) is 1. The highest BCUT2D eigenvalue weighted by Gasteiger charge is 2.04. The average molecular weight is 258 g/mol. The maximum Gasteiger partial charge on any atom is 0.161 e. The molecule has 3 N–H and O–H groups in total. The Balaban J connectivity index is 2.10. The lowest BCUT2D eigenvalue weighted by molar-refractivity contribution is 0.354. The third kappa shape index (κ3) is 3.10. The van der Waals surface area contributed by atoms with Crippen LogP contribution in [0.15, 0.2) is 42.5 Å². The molecule has 0 fully saturated rings. The minimum absolute atomic E-state index is 0.675. The van der Waals surface area contributed by atoms with Gasteiger partial charge in [-0.2, -0.15) is 0 Å². The number of ether oxygens (including phenoxy) is 2. The Labute approximate surface area is 113 Å². The van der Waals surface area contributed by atoms with Gasteiger partial charge in [0, 0.05) is 6.54 Å². The summed E-state index contributed by atoms with van der Waals surface area (Å²) in [4.78, 5) is 0. The van der Waals surface area contributed by atoms with E-state index in [0.29, 0.717) is 6.54 Å². The van der Waals surface area contributed by atoms with Gasteiger partial charge in [0.25, 0.3) is 0 Å². The van der Waals surface area contributed by atoms with Crippen LogP contribution in [0.25, 0.3) is 0 Å². The van der Waals surface area contributed by atoms with Crippen LogP contribution in [0, 0.1) is 0 Å². The lowest BCUT2D eigenvalue weighted by atomic mass is 10.2. The third-order valence-corrected chi connectivity index (χ3v) is 2.89. The molecule has 2 rings (SSSR count). The number of para-hydroxylation sites is 2. The van der Waals surface area contributed by atoms with Gasteiger partial charge in [0.2, 0.25) is 0 Å². The number of hydrogen-bond acceptors (Lipinski definition) is 4. The first-order chi connectivity index (χ1) is 9.24. The van der Waals surface area contributed by atoms with Crippen molar-refractivity contribution < 1.29 is 9.47 Å². The summed E-state index contributed by atoms with van der Waals surface area (Å²) in [6.45, 7) is 0.675. The second-order valence-electron chi connectivity index (χ2n) is 4.13. The average Bonchev–Trinajstić information content (AvgIpc) is 2.46. The molecule has 2 aromatic rings. The van der Waals surface area contributed by atoms with Gasteiger partial charge >= 0.3 is 0 Å². The first kappa shape index (κ1) is 13.1. The van der Waals surface area contributed by atoms with E-state index in [0.717, 1.165) is 28.4 Å². The molecule has 0 amide bonds. The topological polar surface area (TPSA) is 56.5 Å². The molecule has 4 nitrogen and oxygen atoms in total. The lowest BCUT2D eigenvalue weighted by Crippen LogP contribution is -2.02. The molecule has 19 heavy (non-hydrogen) atoms. The van der Waals surface area contributed by atoms with Crippen LogP contribution in [-0.4, -0.2) is 14.2 Å². The Morgan fingerprint density at radius 2 is 1.74 bits per heavy atom. The summed E-state index contributed by atoms with van der Waals surface area (Å²) >= 11 is 0. The second kappa shape index (κ2) is 6.00.